The van der Waals surface area contributed by atoms with E-state index in [4.69, 9.17) is 10.5 Å². The van der Waals surface area contributed by atoms with Crippen molar-refractivity contribution in [3.05, 3.63) is 57.6 Å². The van der Waals surface area contributed by atoms with Gasteiger partial charge in [-0.25, -0.2) is 4.79 Å². The van der Waals surface area contributed by atoms with Crippen molar-refractivity contribution in [3.63, 3.8) is 0 Å². The molecule has 0 aliphatic heterocycles. The zero-order valence-electron chi connectivity index (χ0n) is 14.9. The van der Waals surface area contributed by atoms with E-state index in [1.165, 1.54) is 13.0 Å². The summed E-state index contributed by atoms with van der Waals surface area (Å²) in [4.78, 5) is 13.0. The fraction of sp³-hybridized carbons (Fsp3) is 0.278. The quantitative estimate of drug-likeness (QED) is 0.413. The number of carbonyl (C=O) groups is 1. The Morgan fingerprint density at radius 2 is 1.76 bits per heavy atom. The van der Waals surface area contributed by atoms with Gasteiger partial charge in [-0.3, -0.25) is 4.90 Å². The van der Waals surface area contributed by atoms with Crippen molar-refractivity contribution in [1.29, 1.82) is 0 Å². The van der Waals surface area contributed by atoms with Gasteiger partial charge in [-0.05, 0) is 36.8 Å². The molecule has 0 saturated heterocycles. The summed E-state index contributed by atoms with van der Waals surface area (Å²) in [6.45, 7) is 0.670. The Labute approximate surface area is 170 Å². The van der Waals surface area contributed by atoms with Gasteiger partial charge in [-0.15, -0.1) is 0 Å². The van der Waals surface area contributed by atoms with Crippen LogP contribution in [-0.4, -0.2) is 12.7 Å². The van der Waals surface area contributed by atoms with Gasteiger partial charge in [0.05, 0.1) is 35.7 Å². The average molecular weight is 485 g/mol. The molecule has 0 bridgehead atoms. The molecule has 0 fully saturated rings. The minimum Gasteiger partial charge on any atom is -0.449 e. The van der Waals surface area contributed by atoms with Crippen LogP contribution in [0, 0.1) is 0 Å². The lowest BCUT2D eigenvalue weighted by molar-refractivity contribution is -0.138. The Hall–Kier alpha value is -2.43. The van der Waals surface area contributed by atoms with Gasteiger partial charge in [0.25, 0.3) is 0 Å². The van der Waals surface area contributed by atoms with Crippen LogP contribution in [0.15, 0.2) is 40.9 Å². The van der Waals surface area contributed by atoms with Gasteiger partial charge >= 0.3 is 18.4 Å². The zero-order valence-corrected chi connectivity index (χ0v) is 16.5. The molecule has 0 heterocycles. The van der Waals surface area contributed by atoms with Crippen LogP contribution in [-0.2, 0) is 23.6 Å². The first kappa shape index (κ1) is 22.9. The third-order valence-corrected chi connectivity index (χ3v) is 4.22. The molecule has 2 N–H and O–H groups in total. The zero-order chi connectivity index (χ0) is 22.0. The molecular formula is C18H15BrF6N2O2. The van der Waals surface area contributed by atoms with Crippen LogP contribution in [0.1, 0.15) is 23.6 Å². The van der Waals surface area contributed by atoms with Crippen molar-refractivity contribution in [2.45, 2.75) is 25.8 Å². The van der Waals surface area contributed by atoms with Crippen LogP contribution in [0.25, 0.3) is 0 Å². The third-order valence-electron chi connectivity index (χ3n) is 3.76. The normalized spacial score (nSPS) is 12.0. The molecule has 0 radical (unpaired) electrons. The molecule has 29 heavy (non-hydrogen) atoms. The maximum absolute atomic E-state index is 13.6. The predicted molar refractivity (Wildman–Crippen MR) is 98.2 cm³/mol. The largest absolute Gasteiger partial charge is 0.449 e. The van der Waals surface area contributed by atoms with Crippen LogP contribution in [0.3, 0.4) is 0 Å². The summed E-state index contributed by atoms with van der Waals surface area (Å²) >= 11 is 2.92. The summed E-state index contributed by atoms with van der Waals surface area (Å²) in [7, 11) is 0. The van der Waals surface area contributed by atoms with E-state index >= 15 is 0 Å². The van der Waals surface area contributed by atoms with Crippen molar-refractivity contribution in [3.8, 4) is 0 Å². The highest BCUT2D eigenvalue weighted by Crippen LogP contribution is 2.43. The summed E-state index contributed by atoms with van der Waals surface area (Å²) in [6.07, 6.45) is -10.7. The summed E-state index contributed by atoms with van der Waals surface area (Å²) in [5.74, 6) is 0. The van der Waals surface area contributed by atoms with E-state index in [2.05, 4.69) is 15.9 Å². The highest BCUT2D eigenvalue weighted by molar-refractivity contribution is 9.10. The molecule has 0 aliphatic carbocycles. The van der Waals surface area contributed by atoms with Crippen molar-refractivity contribution < 1.29 is 35.9 Å². The summed E-state index contributed by atoms with van der Waals surface area (Å²) in [5.41, 5.74) is 2.37. The van der Waals surface area contributed by atoms with Crippen molar-refractivity contribution in [2.24, 2.45) is 0 Å². The Morgan fingerprint density at radius 3 is 2.31 bits per heavy atom. The molecule has 0 unspecified atom stereocenters. The standard InChI is InChI=1S/C18H15BrF6N2O2/c1-2-29-16(28)27(9-10-4-3-5-11(6-10)17(20,21)22)15-13(18(23,24)25)7-12(19)8-14(15)26/h3-8H,2,9,26H2,1H3. The number of ether oxygens (including phenoxy) is 1. The number of nitrogens with zero attached hydrogens (tertiary/aromatic N) is 1. The predicted octanol–water partition coefficient (Wildman–Crippen LogP) is 6.23. The van der Waals surface area contributed by atoms with Gasteiger partial charge in [-0.2, -0.15) is 26.3 Å². The average Bonchev–Trinajstić information content (AvgIpc) is 2.58. The van der Waals surface area contributed by atoms with Gasteiger partial charge in [0, 0.05) is 4.47 Å². The summed E-state index contributed by atoms with van der Waals surface area (Å²) in [6, 6.07) is 5.79. The SMILES string of the molecule is CCOC(=O)N(Cc1cccc(C(F)(F)F)c1)c1c(N)cc(Br)cc1C(F)(F)F. The number of amides is 1. The first-order valence-corrected chi connectivity index (χ1v) is 8.90. The Bertz CT molecular complexity index is 899. The molecule has 0 aliphatic rings. The van der Waals surface area contributed by atoms with E-state index < -0.39 is 47.5 Å². The lowest BCUT2D eigenvalue weighted by Crippen LogP contribution is -2.33. The lowest BCUT2D eigenvalue weighted by atomic mass is 10.1. The van der Waals surface area contributed by atoms with Crippen LogP contribution < -0.4 is 10.6 Å². The molecule has 158 valence electrons. The first-order chi connectivity index (χ1) is 13.3. The number of hydrogen-bond donors (Lipinski definition) is 1. The monoisotopic (exact) mass is 484 g/mol. The number of halogens is 7. The third kappa shape index (κ3) is 5.55. The molecule has 2 aromatic rings. The lowest BCUT2D eigenvalue weighted by Gasteiger charge is -2.27. The highest BCUT2D eigenvalue weighted by Gasteiger charge is 2.38. The summed E-state index contributed by atoms with van der Waals surface area (Å²) in [5, 5.41) is 0. The number of rotatable bonds is 4. The van der Waals surface area contributed by atoms with Crippen LogP contribution in [0.4, 0.5) is 42.5 Å². The Kier molecular flexibility index (Phi) is 6.71. The number of nitrogens with two attached hydrogens (primary N) is 1. The smallest absolute Gasteiger partial charge is 0.418 e. The molecule has 0 saturated carbocycles. The number of hydrogen-bond acceptors (Lipinski definition) is 3. The number of benzene rings is 2. The molecule has 0 spiro atoms. The Morgan fingerprint density at radius 1 is 1.10 bits per heavy atom. The number of carbonyl (C=O) groups excluding carboxylic acids is 1. The van der Waals surface area contributed by atoms with E-state index in [-0.39, 0.29) is 16.6 Å². The minimum atomic E-state index is -4.88. The minimum absolute atomic E-state index is 0.0222. The fourth-order valence-corrected chi connectivity index (χ4v) is 3.08. The van der Waals surface area contributed by atoms with Gasteiger partial charge in [0.2, 0.25) is 0 Å². The molecule has 0 aromatic heterocycles. The highest BCUT2D eigenvalue weighted by atomic mass is 79.9. The molecule has 4 nitrogen and oxygen atoms in total. The fourth-order valence-electron chi connectivity index (χ4n) is 2.60. The van der Waals surface area contributed by atoms with Crippen molar-refractivity contribution in [1.82, 2.24) is 0 Å². The summed E-state index contributed by atoms with van der Waals surface area (Å²) < 4.78 is 84.4. The van der Waals surface area contributed by atoms with E-state index in [0.717, 1.165) is 30.3 Å². The second-order valence-corrected chi connectivity index (χ2v) is 6.79. The molecule has 0 atom stereocenters. The number of anilines is 2. The molecular weight excluding hydrogens is 470 g/mol. The van der Waals surface area contributed by atoms with Crippen molar-refractivity contribution >= 4 is 33.4 Å². The van der Waals surface area contributed by atoms with Crippen LogP contribution >= 0.6 is 15.9 Å². The molecule has 1 amide bonds. The van der Waals surface area contributed by atoms with E-state index in [0.29, 0.717) is 4.90 Å². The first-order valence-electron chi connectivity index (χ1n) is 8.11. The van der Waals surface area contributed by atoms with Gasteiger partial charge in [0.1, 0.15) is 0 Å². The van der Waals surface area contributed by atoms with E-state index in [1.807, 2.05) is 0 Å². The maximum Gasteiger partial charge on any atom is 0.418 e. The second kappa shape index (κ2) is 8.52. The van der Waals surface area contributed by atoms with Gasteiger partial charge in [-0.1, -0.05) is 28.1 Å². The van der Waals surface area contributed by atoms with Gasteiger partial charge in [0.15, 0.2) is 0 Å². The van der Waals surface area contributed by atoms with Crippen molar-refractivity contribution in [2.75, 3.05) is 17.2 Å². The number of nitrogen functional groups attached to an aromatic ring is 1. The Balaban J connectivity index is 2.61. The number of alkyl halides is 6. The molecule has 2 rings (SSSR count). The van der Waals surface area contributed by atoms with Crippen LogP contribution in [0.2, 0.25) is 0 Å². The maximum atomic E-state index is 13.6. The van der Waals surface area contributed by atoms with Gasteiger partial charge < -0.3 is 10.5 Å². The molecule has 11 heteroatoms. The second-order valence-electron chi connectivity index (χ2n) is 5.87. The van der Waals surface area contributed by atoms with E-state index in [9.17, 15) is 31.1 Å². The van der Waals surface area contributed by atoms with E-state index in [1.54, 1.807) is 0 Å². The van der Waals surface area contributed by atoms with Crippen LogP contribution in [0.5, 0.6) is 0 Å². The topological polar surface area (TPSA) is 55.6 Å². The molecule has 2 aromatic carbocycles.